The molecular formula is C23H25N. The first kappa shape index (κ1) is 16.5. The Morgan fingerprint density at radius 1 is 0.667 bits per heavy atom. The van der Waals surface area contributed by atoms with Crippen LogP contribution in [-0.4, -0.2) is 0 Å². The summed E-state index contributed by atoms with van der Waals surface area (Å²) in [5.41, 5.74) is 13.4. The zero-order valence-electron chi connectivity index (χ0n) is 14.7. The van der Waals surface area contributed by atoms with Crippen LogP contribution in [0.5, 0.6) is 0 Å². The van der Waals surface area contributed by atoms with E-state index in [2.05, 4.69) is 93.6 Å². The Labute approximate surface area is 145 Å². The van der Waals surface area contributed by atoms with Gasteiger partial charge in [-0.15, -0.1) is 0 Å². The minimum absolute atomic E-state index is 0.191. The molecule has 0 aromatic heterocycles. The summed E-state index contributed by atoms with van der Waals surface area (Å²) in [6, 6.07) is 26.1. The Balaban J connectivity index is 1.86. The van der Waals surface area contributed by atoms with Gasteiger partial charge in [0, 0.05) is 6.54 Å². The molecule has 0 spiro atoms. The fourth-order valence-corrected chi connectivity index (χ4v) is 2.90. The Hall–Kier alpha value is -2.38. The smallest absolute Gasteiger partial charge is 0.0178 e. The summed E-state index contributed by atoms with van der Waals surface area (Å²) in [4.78, 5) is 0. The summed E-state index contributed by atoms with van der Waals surface area (Å²) >= 11 is 0. The average molecular weight is 315 g/mol. The van der Waals surface area contributed by atoms with Crippen LogP contribution in [-0.2, 0) is 12.0 Å². The third-order valence-electron chi connectivity index (χ3n) is 4.47. The first-order valence-electron chi connectivity index (χ1n) is 8.48. The lowest BCUT2D eigenvalue weighted by molar-refractivity contribution is 0.590. The van der Waals surface area contributed by atoms with Crippen LogP contribution in [0.1, 0.15) is 31.9 Å². The predicted molar refractivity (Wildman–Crippen MR) is 104 cm³/mol. The van der Waals surface area contributed by atoms with Gasteiger partial charge in [-0.3, -0.25) is 0 Å². The molecule has 0 saturated carbocycles. The van der Waals surface area contributed by atoms with Gasteiger partial charge >= 0.3 is 0 Å². The van der Waals surface area contributed by atoms with Gasteiger partial charge in [-0.25, -0.2) is 0 Å². The maximum absolute atomic E-state index is 5.74. The van der Waals surface area contributed by atoms with Crippen LogP contribution < -0.4 is 5.73 Å². The summed E-state index contributed by atoms with van der Waals surface area (Å²) in [6.45, 7) is 7.30. The van der Waals surface area contributed by atoms with Crippen molar-refractivity contribution < 1.29 is 0 Å². The number of hydrogen-bond acceptors (Lipinski definition) is 1. The zero-order chi connectivity index (χ0) is 17.2. The number of rotatable bonds is 3. The molecule has 0 amide bonds. The van der Waals surface area contributed by atoms with Gasteiger partial charge in [0.25, 0.3) is 0 Å². The molecule has 3 rings (SSSR count). The van der Waals surface area contributed by atoms with Crippen LogP contribution in [0.15, 0.2) is 72.8 Å². The van der Waals surface area contributed by atoms with Gasteiger partial charge in [0.2, 0.25) is 0 Å². The van der Waals surface area contributed by atoms with Crippen molar-refractivity contribution in [2.24, 2.45) is 5.73 Å². The molecule has 0 saturated heterocycles. The quantitative estimate of drug-likeness (QED) is 0.651. The monoisotopic (exact) mass is 315 g/mol. The van der Waals surface area contributed by atoms with Gasteiger partial charge < -0.3 is 5.73 Å². The summed E-state index contributed by atoms with van der Waals surface area (Å²) in [5, 5.41) is 0. The van der Waals surface area contributed by atoms with Crippen LogP contribution in [0, 0.1) is 0 Å². The molecule has 0 aliphatic carbocycles. The van der Waals surface area contributed by atoms with E-state index in [1.807, 2.05) is 0 Å². The lowest BCUT2D eigenvalue weighted by atomic mass is 9.86. The third-order valence-corrected chi connectivity index (χ3v) is 4.47. The molecule has 0 atom stereocenters. The van der Waals surface area contributed by atoms with Crippen molar-refractivity contribution >= 4 is 0 Å². The van der Waals surface area contributed by atoms with Crippen molar-refractivity contribution in [3.63, 3.8) is 0 Å². The number of nitrogens with two attached hydrogens (primary N) is 1. The standard InChI is InChI=1S/C23H25N/c1-23(2,3)22-13-11-19(12-14-22)18-7-9-20(10-8-18)21-6-4-5-17(15-21)16-24/h4-15H,16,24H2,1-3H3. The molecule has 0 aliphatic heterocycles. The van der Waals surface area contributed by atoms with Crippen LogP contribution in [0.2, 0.25) is 0 Å². The third kappa shape index (κ3) is 3.58. The largest absolute Gasteiger partial charge is 0.326 e. The molecule has 1 nitrogen and oxygen atoms in total. The lowest BCUT2D eigenvalue weighted by Gasteiger charge is -2.19. The van der Waals surface area contributed by atoms with E-state index in [1.165, 1.54) is 27.8 Å². The minimum Gasteiger partial charge on any atom is -0.326 e. The zero-order valence-corrected chi connectivity index (χ0v) is 14.7. The SMILES string of the molecule is CC(C)(C)c1ccc(-c2ccc(-c3cccc(CN)c3)cc2)cc1. The van der Waals surface area contributed by atoms with Crippen molar-refractivity contribution in [1.82, 2.24) is 0 Å². The second-order valence-corrected chi connectivity index (χ2v) is 7.31. The van der Waals surface area contributed by atoms with Crippen molar-refractivity contribution in [3.05, 3.63) is 83.9 Å². The Bertz CT molecular complexity index is 806. The van der Waals surface area contributed by atoms with Crippen LogP contribution in [0.3, 0.4) is 0 Å². The maximum atomic E-state index is 5.74. The molecule has 3 aromatic carbocycles. The van der Waals surface area contributed by atoms with E-state index in [4.69, 9.17) is 5.73 Å². The number of hydrogen-bond donors (Lipinski definition) is 1. The van der Waals surface area contributed by atoms with E-state index in [1.54, 1.807) is 0 Å². The van der Waals surface area contributed by atoms with E-state index in [-0.39, 0.29) is 5.41 Å². The van der Waals surface area contributed by atoms with Crippen LogP contribution >= 0.6 is 0 Å². The van der Waals surface area contributed by atoms with Gasteiger partial charge in [-0.1, -0.05) is 87.5 Å². The van der Waals surface area contributed by atoms with Gasteiger partial charge in [-0.05, 0) is 44.9 Å². The van der Waals surface area contributed by atoms with E-state index in [0.29, 0.717) is 6.54 Å². The van der Waals surface area contributed by atoms with Crippen molar-refractivity contribution in [2.45, 2.75) is 32.7 Å². The molecular weight excluding hydrogens is 290 g/mol. The topological polar surface area (TPSA) is 26.0 Å². The van der Waals surface area contributed by atoms with Gasteiger partial charge in [-0.2, -0.15) is 0 Å². The molecule has 122 valence electrons. The summed E-state index contributed by atoms with van der Waals surface area (Å²) in [6.07, 6.45) is 0. The summed E-state index contributed by atoms with van der Waals surface area (Å²) in [5.74, 6) is 0. The molecule has 24 heavy (non-hydrogen) atoms. The van der Waals surface area contributed by atoms with Gasteiger partial charge in [0.15, 0.2) is 0 Å². The molecule has 0 unspecified atom stereocenters. The van der Waals surface area contributed by atoms with Crippen LogP contribution in [0.4, 0.5) is 0 Å². The average Bonchev–Trinajstić information content (AvgIpc) is 2.61. The molecule has 2 N–H and O–H groups in total. The molecule has 3 aromatic rings. The Morgan fingerprint density at radius 2 is 1.17 bits per heavy atom. The maximum Gasteiger partial charge on any atom is 0.0178 e. The van der Waals surface area contributed by atoms with Crippen molar-refractivity contribution in [3.8, 4) is 22.3 Å². The Morgan fingerprint density at radius 3 is 1.67 bits per heavy atom. The lowest BCUT2D eigenvalue weighted by Crippen LogP contribution is -2.10. The first-order chi connectivity index (χ1) is 11.5. The highest BCUT2D eigenvalue weighted by molar-refractivity contribution is 5.70. The van der Waals surface area contributed by atoms with Gasteiger partial charge in [0.1, 0.15) is 0 Å². The fraction of sp³-hybridized carbons (Fsp3) is 0.217. The highest BCUT2D eigenvalue weighted by atomic mass is 14.5. The van der Waals surface area contributed by atoms with E-state index >= 15 is 0 Å². The molecule has 0 heterocycles. The number of benzene rings is 3. The molecule has 0 aliphatic rings. The summed E-state index contributed by atoms with van der Waals surface area (Å²) < 4.78 is 0. The van der Waals surface area contributed by atoms with E-state index in [9.17, 15) is 0 Å². The fourth-order valence-electron chi connectivity index (χ4n) is 2.90. The van der Waals surface area contributed by atoms with Crippen molar-refractivity contribution in [1.29, 1.82) is 0 Å². The second-order valence-electron chi connectivity index (χ2n) is 7.31. The highest BCUT2D eigenvalue weighted by Crippen LogP contribution is 2.28. The van der Waals surface area contributed by atoms with E-state index < -0.39 is 0 Å². The minimum atomic E-state index is 0.191. The van der Waals surface area contributed by atoms with Crippen molar-refractivity contribution in [2.75, 3.05) is 0 Å². The van der Waals surface area contributed by atoms with Crippen LogP contribution in [0.25, 0.3) is 22.3 Å². The molecule has 1 heteroatoms. The molecule has 0 fully saturated rings. The first-order valence-corrected chi connectivity index (χ1v) is 8.48. The Kier molecular flexibility index (Phi) is 4.55. The molecule has 0 bridgehead atoms. The molecule has 0 radical (unpaired) electrons. The summed E-state index contributed by atoms with van der Waals surface area (Å²) in [7, 11) is 0. The second kappa shape index (κ2) is 6.62. The predicted octanol–water partition coefficient (Wildman–Crippen LogP) is 5.78. The normalized spacial score (nSPS) is 11.5. The van der Waals surface area contributed by atoms with E-state index in [0.717, 1.165) is 5.56 Å². The van der Waals surface area contributed by atoms with Gasteiger partial charge in [0.05, 0.1) is 0 Å². The highest BCUT2D eigenvalue weighted by Gasteiger charge is 2.13.